The van der Waals surface area contributed by atoms with Gasteiger partial charge in [-0.2, -0.15) is 13.2 Å². The quantitative estimate of drug-likeness (QED) is 0.799. The Hall–Kier alpha value is -1.52. The lowest BCUT2D eigenvalue weighted by Crippen LogP contribution is -2.52. The molecule has 110 valence electrons. The number of benzene rings is 1. The van der Waals surface area contributed by atoms with Crippen molar-refractivity contribution in [3.8, 4) is 0 Å². The molecule has 1 fully saturated rings. The minimum Gasteiger partial charge on any atom is -0.315 e. The van der Waals surface area contributed by atoms with Gasteiger partial charge in [0.05, 0.1) is 0 Å². The molecule has 1 aromatic carbocycles. The minimum atomic E-state index is -4.49. The van der Waals surface area contributed by atoms with Crippen molar-refractivity contribution in [1.29, 1.82) is 0 Å². The first-order valence-corrected chi connectivity index (χ1v) is 6.78. The molecule has 0 atom stereocenters. The Bertz CT molecular complexity index is 464. The number of rotatable bonds is 2. The topological polar surface area (TPSA) is 20.3 Å². The SMILES string of the molecule is CN(C(=O)C1(C(F)(F)F)CCCCC1)c1ccccc1. The number of amides is 1. The largest absolute Gasteiger partial charge is 0.403 e. The number of hydrogen-bond donors (Lipinski definition) is 0. The van der Waals surface area contributed by atoms with E-state index < -0.39 is 17.5 Å². The Morgan fingerprint density at radius 3 is 2.15 bits per heavy atom. The second-order valence-corrected chi connectivity index (χ2v) is 5.34. The molecule has 0 spiro atoms. The van der Waals surface area contributed by atoms with Gasteiger partial charge in [0.2, 0.25) is 5.91 Å². The van der Waals surface area contributed by atoms with E-state index in [-0.39, 0.29) is 12.8 Å². The van der Waals surface area contributed by atoms with E-state index in [0.717, 1.165) is 11.3 Å². The van der Waals surface area contributed by atoms with Crippen LogP contribution in [0.2, 0.25) is 0 Å². The average molecular weight is 285 g/mol. The highest BCUT2D eigenvalue weighted by molar-refractivity contribution is 5.97. The molecule has 0 heterocycles. The third kappa shape index (κ3) is 2.53. The molecular formula is C15H18F3NO. The monoisotopic (exact) mass is 285 g/mol. The summed E-state index contributed by atoms with van der Waals surface area (Å²) >= 11 is 0. The van der Waals surface area contributed by atoms with Crippen molar-refractivity contribution in [3.63, 3.8) is 0 Å². The number of carbonyl (C=O) groups excluding carboxylic acids is 1. The van der Waals surface area contributed by atoms with Gasteiger partial charge in [-0.3, -0.25) is 4.79 Å². The molecule has 1 aliphatic rings. The number of halogens is 3. The first kappa shape index (κ1) is 14.9. The van der Waals surface area contributed by atoms with Crippen LogP contribution in [0.3, 0.4) is 0 Å². The van der Waals surface area contributed by atoms with Gasteiger partial charge in [0.1, 0.15) is 5.41 Å². The predicted octanol–water partition coefficient (Wildman–Crippen LogP) is 4.16. The lowest BCUT2D eigenvalue weighted by Gasteiger charge is -2.39. The summed E-state index contributed by atoms with van der Waals surface area (Å²) in [6.07, 6.45) is -3.03. The number of para-hydroxylation sites is 1. The number of carbonyl (C=O) groups is 1. The third-order valence-corrected chi connectivity index (χ3v) is 4.11. The van der Waals surface area contributed by atoms with E-state index in [0.29, 0.717) is 18.5 Å². The van der Waals surface area contributed by atoms with Crippen molar-refractivity contribution >= 4 is 11.6 Å². The smallest absolute Gasteiger partial charge is 0.315 e. The summed E-state index contributed by atoms with van der Waals surface area (Å²) in [5.74, 6) is -0.837. The van der Waals surface area contributed by atoms with Crippen molar-refractivity contribution in [2.45, 2.75) is 38.3 Å². The molecule has 2 nitrogen and oxygen atoms in total. The van der Waals surface area contributed by atoms with Crippen LogP contribution < -0.4 is 4.90 Å². The maximum Gasteiger partial charge on any atom is 0.403 e. The molecule has 0 unspecified atom stereocenters. The molecule has 0 N–H and O–H groups in total. The predicted molar refractivity (Wildman–Crippen MR) is 71.4 cm³/mol. The maximum atomic E-state index is 13.5. The minimum absolute atomic E-state index is 0.105. The van der Waals surface area contributed by atoms with Crippen molar-refractivity contribution < 1.29 is 18.0 Å². The Labute approximate surface area is 116 Å². The van der Waals surface area contributed by atoms with Gasteiger partial charge in [0.15, 0.2) is 0 Å². The summed E-state index contributed by atoms with van der Waals surface area (Å²) in [6.45, 7) is 0. The molecule has 0 aromatic heterocycles. The first-order valence-electron chi connectivity index (χ1n) is 6.78. The molecule has 1 amide bonds. The molecule has 0 saturated heterocycles. The Kier molecular flexibility index (Phi) is 4.06. The molecule has 5 heteroatoms. The van der Waals surface area contributed by atoms with Crippen LogP contribution in [0.25, 0.3) is 0 Å². The lowest BCUT2D eigenvalue weighted by atomic mass is 9.72. The third-order valence-electron chi connectivity index (χ3n) is 4.11. The highest BCUT2D eigenvalue weighted by atomic mass is 19.4. The molecule has 0 bridgehead atoms. The van der Waals surface area contributed by atoms with Gasteiger partial charge in [-0.1, -0.05) is 37.5 Å². The normalized spacial score (nSPS) is 18.6. The molecule has 20 heavy (non-hydrogen) atoms. The summed E-state index contributed by atoms with van der Waals surface area (Å²) in [7, 11) is 1.42. The lowest BCUT2D eigenvalue weighted by molar-refractivity contribution is -0.228. The van der Waals surface area contributed by atoms with Crippen molar-refractivity contribution in [2.75, 3.05) is 11.9 Å². The van der Waals surface area contributed by atoms with Crippen LogP contribution in [0.4, 0.5) is 18.9 Å². The van der Waals surface area contributed by atoms with E-state index in [4.69, 9.17) is 0 Å². The summed E-state index contributed by atoms with van der Waals surface area (Å²) in [6, 6.07) is 8.47. The Balaban J connectivity index is 2.32. The van der Waals surface area contributed by atoms with Crippen LogP contribution in [0.1, 0.15) is 32.1 Å². The Morgan fingerprint density at radius 1 is 1.10 bits per heavy atom. The highest BCUT2D eigenvalue weighted by Gasteiger charge is 2.60. The van der Waals surface area contributed by atoms with Crippen LogP contribution >= 0.6 is 0 Å². The second kappa shape index (κ2) is 5.46. The zero-order valence-electron chi connectivity index (χ0n) is 11.4. The summed E-state index contributed by atoms with van der Waals surface area (Å²) in [5, 5.41) is 0. The maximum absolute atomic E-state index is 13.5. The molecule has 1 aliphatic carbocycles. The van der Waals surface area contributed by atoms with Gasteiger partial charge in [-0.05, 0) is 25.0 Å². The number of nitrogens with zero attached hydrogens (tertiary/aromatic N) is 1. The van der Waals surface area contributed by atoms with E-state index in [1.165, 1.54) is 7.05 Å². The van der Waals surface area contributed by atoms with Gasteiger partial charge < -0.3 is 4.90 Å². The Morgan fingerprint density at radius 2 is 1.65 bits per heavy atom. The molecule has 2 rings (SSSR count). The van der Waals surface area contributed by atoms with Gasteiger partial charge in [-0.15, -0.1) is 0 Å². The van der Waals surface area contributed by atoms with Crippen molar-refractivity contribution in [2.24, 2.45) is 5.41 Å². The van der Waals surface area contributed by atoms with Gasteiger partial charge in [0.25, 0.3) is 0 Å². The summed E-state index contributed by atoms with van der Waals surface area (Å²) in [5.41, 5.74) is -1.72. The zero-order valence-corrected chi connectivity index (χ0v) is 11.4. The fourth-order valence-electron chi connectivity index (χ4n) is 2.86. The van der Waals surface area contributed by atoms with E-state index in [2.05, 4.69) is 0 Å². The fraction of sp³-hybridized carbons (Fsp3) is 0.533. The standard InChI is InChI=1S/C15H18F3NO/c1-19(12-8-4-2-5-9-12)13(20)14(15(16,17)18)10-6-3-7-11-14/h2,4-5,8-9H,3,6-7,10-11H2,1H3. The van der Waals surface area contributed by atoms with Gasteiger partial charge >= 0.3 is 6.18 Å². The van der Waals surface area contributed by atoms with Gasteiger partial charge in [0, 0.05) is 12.7 Å². The van der Waals surface area contributed by atoms with Crippen LogP contribution in [-0.2, 0) is 4.79 Å². The fourth-order valence-corrected chi connectivity index (χ4v) is 2.86. The highest BCUT2D eigenvalue weighted by Crippen LogP contribution is 2.50. The van der Waals surface area contributed by atoms with Crippen LogP contribution in [-0.4, -0.2) is 19.1 Å². The van der Waals surface area contributed by atoms with E-state index >= 15 is 0 Å². The molecule has 0 radical (unpaired) electrons. The zero-order chi connectivity index (χ0) is 14.8. The first-order chi connectivity index (χ1) is 9.38. The van der Waals surface area contributed by atoms with Crippen molar-refractivity contribution in [1.82, 2.24) is 0 Å². The number of alkyl halides is 3. The molecular weight excluding hydrogens is 267 g/mol. The van der Waals surface area contributed by atoms with Gasteiger partial charge in [-0.25, -0.2) is 0 Å². The number of anilines is 1. The second-order valence-electron chi connectivity index (χ2n) is 5.34. The van der Waals surface area contributed by atoms with Crippen LogP contribution in [0.15, 0.2) is 30.3 Å². The summed E-state index contributed by atoms with van der Waals surface area (Å²) < 4.78 is 40.4. The average Bonchev–Trinajstić information content (AvgIpc) is 2.46. The molecule has 1 saturated carbocycles. The van der Waals surface area contributed by atoms with E-state index in [1.807, 2.05) is 0 Å². The molecule has 1 aromatic rings. The number of hydrogen-bond acceptors (Lipinski definition) is 1. The van der Waals surface area contributed by atoms with E-state index in [1.54, 1.807) is 30.3 Å². The van der Waals surface area contributed by atoms with Crippen molar-refractivity contribution in [3.05, 3.63) is 30.3 Å². The summed E-state index contributed by atoms with van der Waals surface area (Å²) in [4.78, 5) is 13.6. The van der Waals surface area contributed by atoms with Crippen LogP contribution in [0, 0.1) is 5.41 Å². The van der Waals surface area contributed by atoms with Crippen LogP contribution in [0.5, 0.6) is 0 Å². The molecule has 0 aliphatic heterocycles. The van der Waals surface area contributed by atoms with E-state index in [9.17, 15) is 18.0 Å².